The van der Waals surface area contributed by atoms with Crippen LogP contribution in [0.5, 0.6) is 0 Å². The molecule has 0 saturated heterocycles. The molecule has 0 heterocycles. The first-order valence-corrected chi connectivity index (χ1v) is 16.2. The second kappa shape index (κ2) is 23.3. The highest BCUT2D eigenvalue weighted by Crippen LogP contribution is 2.29. The Bertz CT molecular complexity index is 732. The summed E-state index contributed by atoms with van der Waals surface area (Å²) in [6, 6.07) is 18.2. The summed E-state index contributed by atoms with van der Waals surface area (Å²) in [4.78, 5) is 0. The maximum Gasteiger partial charge on any atom is 0.0431 e. The number of rotatable bonds is 25. The van der Waals surface area contributed by atoms with E-state index in [0.29, 0.717) is 13.2 Å². The van der Waals surface area contributed by atoms with Crippen molar-refractivity contribution >= 4 is 0 Å². The molecule has 2 N–H and O–H groups in total. The van der Waals surface area contributed by atoms with Gasteiger partial charge in [0.05, 0.1) is 0 Å². The largest absolute Gasteiger partial charge is 0.396 e. The van der Waals surface area contributed by atoms with Gasteiger partial charge < -0.3 is 10.2 Å². The van der Waals surface area contributed by atoms with Crippen LogP contribution in [-0.4, -0.2) is 23.4 Å². The van der Waals surface area contributed by atoms with Crippen LogP contribution >= 0.6 is 0 Å². The zero-order valence-electron chi connectivity index (χ0n) is 24.5. The van der Waals surface area contributed by atoms with Gasteiger partial charge in [0.2, 0.25) is 0 Å². The molecule has 38 heavy (non-hydrogen) atoms. The molecule has 0 bridgehead atoms. The highest BCUT2D eigenvalue weighted by molar-refractivity contribution is 5.70. The first-order chi connectivity index (χ1) is 18.9. The second-order valence-electron chi connectivity index (χ2n) is 11.3. The van der Waals surface area contributed by atoms with Gasteiger partial charge in [0.25, 0.3) is 0 Å². The van der Waals surface area contributed by atoms with Gasteiger partial charge in [-0.15, -0.1) is 0 Å². The van der Waals surface area contributed by atoms with Gasteiger partial charge in [0, 0.05) is 13.2 Å². The molecule has 2 aromatic rings. The molecule has 2 heteroatoms. The number of aliphatic hydroxyl groups is 2. The highest BCUT2D eigenvalue weighted by atomic mass is 16.3. The monoisotopic (exact) mass is 522 g/mol. The van der Waals surface area contributed by atoms with Crippen molar-refractivity contribution in [2.75, 3.05) is 13.2 Å². The molecule has 0 spiro atoms. The van der Waals surface area contributed by atoms with Crippen molar-refractivity contribution in [3.05, 3.63) is 59.7 Å². The topological polar surface area (TPSA) is 40.5 Å². The van der Waals surface area contributed by atoms with Gasteiger partial charge in [0.15, 0.2) is 0 Å². The molecule has 0 unspecified atom stereocenters. The van der Waals surface area contributed by atoms with Gasteiger partial charge in [-0.2, -0.15) is 0 Å². The van der Waals surface area contributed by atoms with Crippen LogP contribution < -0.4 is 0 Å². The van der Waals surface area contributed by atoms with Crippen molar-refractivity contribution in [3.63, 3.8) is 0 Å². The molecule has 2 rings (SSSR count). The summed E-state index contributed by atoms with van der Waals surface area (Å²) < 4.78 is 0. The predicted octanol–water partition coefficient (Wildman–Crippen LogP) is 10.2. The van der Waals surface area contributed by atoms with Crippen molar-refractivity contribution in [2.45, 2.75) is 141 Å². The van der Waals surface area contributed by atoms with Crippen molar-refractivity contribution < 1.29 is 10.2 Å². The maximum atomic E-state index is 8.86. The van der Waals surface area contributed by atoms with E-state index in [0.717, 1.165) is 12.8 Å². The van der Waals surface area contributed by atoms with E-state index in [1.54, 1.807) is 0 Å². The van der Waals surface area contributed by atoms with Gasteiger partial charge >= 0.3 is 0 Å². The first kappa shape index (κ1) is 32.6. The lowest BCUT2D eigenvalue weighted by Gasteiger charge is -2.14. The van der Waals surface area contributed by atoms with Gasteiger partial charge in [-0.25, -0.2) is 0 Å². The van der Waals surface area contributed by atoms with E-state index >= 15 is 0 Å². The minimum atomic E-state index is 0.351. The van der Waals surface area contributed by atoms with Gasteiger partial charge in [0.1, 0.15) is 0 Å². The summed E-state index contributed by atoms with van der Waals surface area (Å²) in [5.74, 6) is 0. The van der Waals surface area contributed by atoms with Crippen LogP contribution in [-0.2, 0) is 12.8 Å². The zero-order chi connectivity index (χ0) is 26.9. The van der Waals surface area contributed by atoms with Crippen LogP contribution in [0, 0.1) is 0 Å². The number of aryl methyl sites for hydroxylation is 2. The minimum absolute atomic E-state index is 0.351. The molecule has 0 aliphatic heterocycles. The number of aliphatic hydroxyl groups excluding tert-OH is 2. The van der Waals surface area contributed by atoms with Gasteiger partial charge in [-0.3, -0.25) is 0 Å². The molecule has 0 amide bonds. The molecule has 0 saturated carbocycles. The summed E-state index contributed by atoms with van der Waals surface area (Å²) in [6.07, 6.45) is 28.1. The Morgan fingerprint density at radius 2 is 0.579 bits per heavy atom. The third-order valence-electron chi connectivity index (χ3n) is 8.03. The molecule has 0 atom stereocenters. The fraction of sp³-hybridized carbons (Fsp3) is 0.667. The molecule has 2 aromatic carbocycles. The van der Waals surface area contributed by atoms with Crippen LogP contribution in [0.25, 0.3) is 11.1 Å². The summed E-state index contributed by atoms with van der Waals surface area (Å²) in [5, 5.41) is 17.7. The Morgan fingerprint density at radius 1 is 0.316 bits per heavy atom. The molecular formula is C36H58O2. The quantitative estimate of drug-likeness (QED) is 0.127. The third kappa shape index (κ3) is 15.1. The van der Waals surface area contributed by atoms with Crippen LogP contribution in [0.4, 0.5) is 0 Å². The van der Waals surface area contributed by atoms with Crippen molar-refractivity contribution in [3.8, 4) is 11.1 Å². The summed E-state index contributed by atoms with van der Waals surface area (Å²) in [5.41, 5.74) is 5.94. The van der Waals surface area contributed by atoms with Gasteiger partial charge in [-0.1, -0.05) is 151 Å². The fourth-order valence-corrected chi connectivity index (χ4v) is 5.69. The summed E-state index contributed by atoms with van der Waals surface area (Å²) >= 11 is 0. The van der Waals surface area contributed by atoms with E-state index in [2.05, 4.69) is 48.5 Å². The minimum Gasteiger partial charge on any atom is -0.396 e. The van der Waals surface area contributed by atoms with E-state index in [9.17, 15) is 0 Å². The lowest BCUT2D eigenvalue weighted by Crippen LogP contribution is -1.95. The third-order valence-corrected chi connectivity index (χ3v) is 8.03. The predicted molar refractivity (Wildman–Crippen MR) is 166 cm³/mol. The highest BCUT2D eigenvalue weighted by Gasteiger charge is 2.09. The number of unbranched alkanes of at least 4 members (excludes halogenated alkanes) is 18. The molecule has 0 aliphatic carbocycles. The molecular weight excluding hydrogens is 464 g/mol. The summed E-state index contributed by atoms with van der Waals surface area (Å²) in [6.45, 7) is 0.701. The molecule has 214 valence electrons. The average Bonchev–Trinajstić information content (AvgIpc) is 2.95. The Morgan fingerprint density at radius 3 is 0.895 bits per heavy atom. The summed E-state index contributed by atoms with van der Waals surface area (Å²) in [7, 11) is 0. The smallest absolute Gasteiger partial charge is 0.0431 e. The molecule has 0 fully saturated rings. The van der Waals surface area contributed by atoms with Crippen molar-refractivity contribution in [1.29, 1.82) is 0 Å². The van der Waals surface area contributed by atoms with E-state index in [1.807, 2.05) is 0 Å². The van der Waals surface area contributed by atoms with Gasteiger partial charge in [-0.05, 0) is 60.8 Å². The SMILES string of the molecule is OCCCCCCCCCCCCc1ccccc1-c1ccccc1CCCCCCCCCCCCO. The molecule has 2 nitrogen and oxygen atoms in total. The van der Waals surface area contributed by atoms with Crippen LogP contribution in [0.2, 0.25) is 0 Å². The Hall–Kier alpha value is -1.64. The second-order valence-corrected chi connectivity index (χ2v) is 11.3. The van der Waals surface area contributed by atoms with Crippen LogP contribution in [0.3, 0.4) is 0 Å². The standard InChI is InChI=1S/C36H58O2/c37-31-23-15-11-7-3-1-5-9-13-17-25-33-27-19-21-29-35(33)36-30-22-20-28-34(36)26-18-14-10-6-2-4-8-12-16-24-32-38/h19-22,27-30,37-38H,1-18,23-26,31-32H2. The fourth-order valence-electron chi connectivity index (χ4n) is 5.69. The Balaban J connectivity index is 1.67. The Kier molecular flexibility index (Phi) is 19.9. The number of benzene rings is 2. The van der Waals surface area contributed by atoms with Crippen molar-refractivity contribution in [1.82, 2.24) is 0 Å². The van der Waals surface area contributed by atoms with E-state index in [1.165, 1.54) is 151 Å². The Labute approximate surface area is 235 Å². The molecule has 0 aliphatic rings. The average molecular weight is 523 g/mol. The normalized spacial score (nSPS) is 11.3. The van der Waals surface area contributed by atoms with Crippen molar-refractivity contribution in [2.24, 2.45) is 0 Å². The lowest BCUT2D eigenvalue weighted by atomic mass is 9.90. The maximum absolute atomic E-state index is 8.86. The molecule has 0 aromatic heterocycles. The number of hydrogen-bond donors (Lipinski definition) is 2. The molecule has 0 radical (unpaired) electrons. The zero-order valence-corrected chi connectivity index (χ0v) is 24.5. The lowest BCUT2D eigenvalue weighted by molar-refractivity contribution is 0.282. The van der Waals surface area contributed by atoms with E-state index in [4.69, 9.17) is 10.2 Å². The van der Waals surface area contributed by atoms with E-state index < -0.39 is 0 Å². The van der Waals surface area contributed by atoms with Crippen LogP contribution in [0.1, 0.15) is 140 Å². The first-order valence-electron chi connectivity index (χ1n) is 16.2. The van der Waals surface area contributed by atoms with Crippen LogP contribution in [0.15, 0.2) is 48.5 Å². The van der Waals surface area contributed by atoms with E-state index in [-0.39, 0.29) is 0 Å². The number of hydrogen-bond acceptors (Lipinski definition) is 2.